The quantitative estimate of drug-likeness (QED) is 0.673. The fraction of sp³-hybridized carbons (Fsp3) is 0.176. The number of nitrogens with zero attached hydrogens (tertiary/aromatic N) is 2. The van der Waals surface area contributed by atoms with Crippen LogP contribution in [-0.4, -0.2) is 37.5 Å². The van der Waals surface area contributed by atoms with Gasteiger partial charge < -0.3 is 4.74 Å². The summed E-state index contributed by atoms with van der Waals surface area (Å²) >= 11 is 5.95. The Morgan fingerprint density at radius 2 is 1.92 bits per heavy atom. The lowest BCUT2D eigenvalue weighted by molar-refractivity contribution is -0.141. The molecule has 2 aromatic carbocycles. The summed E-state index contributed by atoms with van der Waals surface area (Å²) in [6.45, 7) is -0.0943. The number of sulfonamides is 1. The van der Waals surface area contributed by atoms with Crippen LogP contribution in [0.5, 0.6) is 0 Å². The number of methoxy groups -OCH3 is 1. The van der Waals surface area contributed by atoms with Crippen LogP contribution in [0.4, 0.5) is 5.69 Å². The van der Waals surface area contributed by atoms with E-state index < -0.39 is 16.0 Å². The number of esters is 1. The number of benzene rings is 2. The Morgan fingerprint density at radius 1 is 1.23 bits per heavy atom. The van der Waals surface area contributed by atoms with E-state index in [1.807, 2.05) is 0 Å². The number of halogens is 1. The van der Waals surface area contributed by atoms with Crippen molar-refractivity contribution >= 4 is 44.2 Å². The molecule has 1 heterocycles. The van der Waals surface area contributed by atoms with Crippen LogP contribution in [0.15, 0.2) is 42.5 Å². The molecule has 0 aliphatic rings. The first-order valence-electron chi connectivity index (χ1n) is 7.58. The Bertz CT molecular complexity index is 1080. The van der Waals surface area contributed by atoms with Gasteiger partial charge in [0.2, 0.25) is 10.0 Å². The minimum atomic E-state index is -3.49. The van der Waals surface area contributed by atoms with E-state index in [4.69, 9.17) is 16.3 Å². The average Bonchev–Trinajstić information content (AvgIpc) is 2.94. The zero-order valence-corrected chi connectivity index (χ0v) is 15.6. The summed E-state index contributed by atoms with van der Waals surface area (Å²) in [6, 6.07) is 12.1. The molecule has 0 atom stereocenters. The number of fused-ring (bicyclic) bond motifs is 1. The second-order valence-electron chi connectivity index (χ2n) is 5.66. The van der Waals surface area contributed by atoms with Crippen molar-refractivity contribution in [3.8, 4) is 11.3 Å². The molecule has 0 spiro atoms. The van der Waals surface area contributed by atoms with Gasteiger partial charge in [0.05, 0.1) is 30.0 Å². The molecule has 1 aromatic heterocycles. The Balaban J connectivity index is 2.27. The predicted octanol–water partition coefficient (Wildman–Crippen LogP) is 2.90. The Labute approximate surface area is 155 Å². The fourth-order valence-electron chi connectivity index (χ4n) is 2.63. The van der Waals surface area contributed by atoms with E-state index in [-0.39, 0.29) is 6.54 Å². The molecule has 0 radical (unpaired) electrons. The number of nitrogens with one attached hydrogen (secondary N) is 1. The van der Waals surface area contributed by atoms with Crippen LogP contribution in [0.1, 0.15) is 0 Å². The molecule has 0 aliphatic heterocycles. The van der Waals surface area contributed by atoms with Crippen molar-refractivity contribution in [3.05, 3.63) is 47.5 Å². The largest absolute Gasteiger partial charge is 0.468 e. The molecule has 0 fully saturated rings. The molecule has 7 nitrogen and oxygen atoms in total. The van der Waals surface area contributed by atoms with Gasteiger partial charge in [0.15, 0.2) is 0 Å². The molecule has 9 heteroatoms. The van der Waals surface area contributed by atoms with Crippen LogP contribution >= 0.6 is 11.6 Å². The number of rotatable bonds is 5. The lowest BCUT2D eigenvalue weighted by Gasteiger charge is -2.07. The minimum absolute atomic E-state index is 0.0943. The van der Waals surface area contributed by atoms with E-state index in [2.05, 4.69) is 9.82 Å². The normalized spacial score (nSPS) is 11.5. The number of aromatic nitrogens is 2. The monoisotopic (exact) mass is 393 g/mol. The molecule has 0 amide bonds. The topological polar surface area (TPSA) is 90.3 Å². The molecular weight excluding hydrogens is 378 g/mol. The summed E-state index contributed by atoms with van der Waals surface area (Å²) in [5.41, 5.74) is 2.26. The third-order valence-electron chi connectivity index (χ3n) is 3.70. The molecule has 0 saturated heterocycles. The minimum Gasteiger partial charge on any atom is -0.468 e. The van der Waals surface area contributed by atoms with Gasteiger partial charge in [-0.15, -0.1) is 0 Å². The second-order valence-corrected chi connectivity index (χ2v) is 7.85. The van der Waals surface area contributed by atoms with Crippen molar-refractivity contribution in [2.75, 3.05) is 18.1 Å². The Kier molecular flexibility index (Phi) is 4.88. The van der Waals surface area contributed by atoms with E-state index >= 15 is 0 Å². The van der Waals surface area contributed by atoms with Crippen molar-refractivity contribution in [1.29, 1.82) is 0 Å². The number of ether oxygens (including phenoxy) is 1. The fourth-order valence-corrected chi connectivity index (χ4v) is 3.33. The van der Waals surface area contributed by atoms with Crippen LogP contribution in [0.2, 0.25) is 5.02 Å². The maximum atomic E-state index is 11.7. The smallest absolute Gasteiger partial charge is 0.327 e. The van der Waals surface area contributed by atoms with Gasteiger partial charge in [-0.25, -0.2) is 8.42 Å². The maximum Gasteiger partial charge on any atom is 0.327 e. The van der Waals surface area contributed by atoms with Gasteiger partial charge >= 0.3 is 5.97 Å². The van der Waals surface area contributed by atoms with Crippen LogP contribution in [-0.2, 0) is 26.1 Å². The SMILES string of the molecule is COC(=O)Cn1nc(-c2ccc(Cl)cc2)c2c(NS(C)(=O)=O)cccc21. The van der Waals surface area contributed by atoms with E-state index in [0.717, 1.165) is 11.8 Å². The molecule has 3 rings (SSSR count). The highest BCUT2D eigenvalue weighted by Gasteiger charge is 2.19. The lowest BCUT2D eigenvalue weighted by Crippen LogP contribution is -2.12. The molecule has 136 valence electrons. The van der Waals surface area contributed by atoms with Crippen molar-refractivity contribution in [2.45, 2.75) is 6.54 Å². The molecular formula is C17H16ClN3O4S. The van der Waals surface area contributed by atoms with Crippen molar-refractivity contribution in [3.63, 3.8) is 0 Å². The van der Waals surface area contributed by atoms with Gasteiger partial charge in [-0.05, 0) is 24.3 Å². The van der Waals surface area contributed by atoms with E-state index in [9.17, 15) is 13.2 Å². The first-order chi connectivity index (χ1) is 12.3. The number of hydrogen-bond donors (Lipinski definition) is 1. The zero-order chi connectivity index (χ0) is 18.9. The lowest BCUT2D eigenvalue weighted by atomic mass is 10.1. The van der Waals surface area contributed by atoms with Crippen molar-refractivity contribution < 1.29 is 17.9 Å². The third kappa shape index (κ3) is 3.81. The Hall–Kier alpha value is -2.58. The third-order valence-corrected chi connectivity index (χ3v) is 4.54. The summed E-state index contributed by atoms with van der Waals surface area (Å²) < 4.78 is 32.2. The van der Waals surface area contributed by atoms with Crippen LogP contribution in [0.3, 0.4) is 0 Å². The summed E-state index contributed by atoms with van der Waals surface area (Å²) in [5.74, 6) is -0.460. The maximum absolute atomic E-state index is 11.7. The first-order valence-corrected chi connectivity index (χ1v) is 9.85. The highest BCUT2D eigenvalue weighted by Crippen LogP contribution is 2.34. The average molecular weight is 394 g/mol. The van der Waals surface area contributed by atoms with Crippen molar-refractivity contribution in [2.24, 2.45) is 0 Å². The molecule has 26 heavy (non-hydrogen) atoms. The second kappa shape index (κ2) is 6.97. The van der Waals surface area contributed by atoms with Gasteiger partial charge in [0, 0.05) is 10.6 Å². The molecule has 0 saturated carbocycles. The van der Waals surface area contributed by atoms with Gasteiger partial charge in [0.25, 0.3) is 0 Å². The number of carbonyl (C=O) groups excluding carboxylic acids is 1. The molecule has 0 bridgehead atoms. The standard InChI is InChI=1S/C17H16ClN3O4S/c1-25-15(22)10-21-14-5-3-4-13(20-26(2,23)24)16(14)17(19-21)11-6-8-12(18)9-7-11/h3-9,20H,10H2,1-2H3. The molecule has 3 aromatic rings. The number of hydrogen-bond acceptors (Lipinski definition) is 5. The highest BCUT2D eigenvalue weighted by molar-refractivity contribution is 7.92. The molecule has 0 unspecified atom stereocenters. The first kappa shape index (κ1) is 18.2. The zero-order valence-electron chi connectivity index (χ0n) is 14.1. The van der Waals surface area contributed by atoms with Gasteiger partial charge in [0.1, 0.15) is 12.2 Å². The van der Waals surface area contributed by atoms with Crippen LogP contribution in [0.25, 0.3) is 22.2 Å². The van der Waals surface area contributed by atoms with E-state index in [0.29, 0.717) is 27.3 Å². The Morgan fingerprint density at radius 3 is 2.54 bits per heavy atom. The van der Waals surface area contributed by atoms with Gasteiger partial charge in [-0.2, -0.15) is 5.10 Å². The van der Waals surface area contributed by atoms with Gasteiger partial charge in [-0.3, -0.25) is 14.2 Å². The van der Waals surface area contributed by atoms with E-state index in [1.165, 1.54) is 11.8 Å². The van der Waals surface area contributed by atoms with E-state index in [1.54, 1.807) is 42.5 Å². The number of carbonyl (C=O) groups is 1. The predicted molar refractivity (Wildman–Crippen MR) is 101 cm³/mol. The highest BCUT2D eigenvalue weighted by atomic mass is 35.5. The van der Waals surface area contributed by atoms with Crippen molar-refractivity contribution in [1.82, 2.24) is 9.78 Å². The van der Waals surface area contributed by atoms with Crippen LogP contribution < -0.4 is 4.72 Å². The summed E-state index contributed by atoms with van der Waals surface area (Å²) in [4.78, 5) is 11.7. The molecule has 1 N–H and O–H groups in total. The molecule has 0 aliphatic carbocycles. The summed E-state index contributed by atoms with van der Waals surface area (Å²) in [7, 11) is -2.20. The van der Waals surface area contributed by atoms with Crippen LogP contribution in [0, 0.1) is 0 Å². The summed E-state index contributed by atoms with van der Waals surface area (Å²) in [6.07, 6.45) is 1.08. The van der Waals surface area contributed by atoms with Gasteiger partial charge in [-0.1, -0.05) is 29.8 Å². The summed E-state index contributed by atoms with van der Waals surface area (Å²) in [5, 5.41) is 5.66. The number of anilines is 1.